The number of nitrogens with zero attached hydrogens (tertiary/aromatic N) is 3. The molecule has 0 unspecified atom stereocenters. The maximum Gasteiger partial charge on any atom is 0.267 e. The lowest BCUT2D eigenvalue weighted by molar-refractivity contribution is 0.0389. The molecule has 8 nitrogen and oxygen atoms in total. The third-order valence-corrected chi connectivity index (χ3v) is 6.12. The Bertz CT molecular complexity index is 1310. The Morgan fingerprint density at radius 2 is 1.78 bits per heavy atom. The van der Waals surface area contributed by atoms with Crippen LogP contribution in [0.1, 0.15) is 15.9 Å². The van der Waals surface area contributed by atoms with Crippen LogP contribution >= 0.6 is 12.2 Å². The molecular weight excluding hydrogens is 500 g/mol. The number of benzene rings is 2. The third-order valence-electron chi connectivity index (χ3n) is 5.83. The van der Waals surface area contributed by atoms with Crippen LogP contribution in [0.3, 0.4) is 0 Å². The maximum atomic E-state index is 13.6. The summed E-state index contributed by atoms with van der Waals surface area (Å²) in [5, 5.41) is 10.7. The summed E-state index contributed by atoms with van der Waals surface area (Å²) in [6.07, 6.45) is 0. The zero-order chi connectivity index (χ0) is 26.2. The zero-order valence-electron chi connectivity index (χ0n) is 20.1. The van der Waals surface area contributed by atoms with Crippen molar-refractivity contribution >= 4 is 23.1 Å². The van der Waals surface area contributed by atoms with Crippen molar-refractivity contribution in [1.29, 1.82) is 0 Å². The Kier molecular flexibility index (Phi) is 9.04. The predicted octanol–water partition coefficient (Wildman–Crippen LogP) is 2.22. The van der Waals surface area contributed by atoms with Gasteiger partial charge >= 0.3 is 0 Å². The number of Topliss-reactive ketones (excluding diaryl/α,β-unsaturated/α-hetero) is 1. The molecule has 0 bridgehead atoms. The summed E-state index contributed by atoms with van der Waals surface area (Å²) in [4.78, 5) is 27.4. The van der Waals surface area contributed by atoms with Gasteiger partial charge in [0.1, 0.15) is 11.6 Å². The Morgan fingerprint density at radius 1 is 1.03 bits per heavy atom. The van der Waals surface area contributed by atoms with Crippen molar-refractivity contribution in [3.8, 4) is 11.3 Å². The van der Waals surface area contributed by atoms with Crippen molar-refractivity contribution in [2.75, 3.05) is 45.9 Å². The molecule has 1 aliphatic rings. The van der Waals surface area contributed by atoms with Gasteiger partial charge in [-0.1, -0.05) is 18.2 Å². The van der Waals surface area contributed by atoms with Crippen LogP contribution in [-0.2, 0) is 11.3 Å². The molecule has 4 rings (SSSR count). The van der Waals surface area contributed by atoms with Gasteiger partial charge in [0.2, 0.25) is 0 Å². The summed E-state index contributed by atoms with van der Waals surface area (Å²) in [6.45, 7) is 4.87. The molecule has 0 aliphatic carbocycles. The van der Waals surface area contributed by atoms with Gasteiger partial charge in [-0.15, -0.1) is 0 Å². The Balaban J connectivity index is 1.34. The van der Waals surface area contributed by atoms with Crippen LogP contribution in [0.4, 0.5) is 8.78 Å². The Labute approximate surface area is 218 Å². The molecule has 1 aromatic heterocycles. The first-order valence-electron chi connectivity index (χ1n) is 11.9. The number of ether oxygens (including phenoxy) is 1. The topological polar surface area (TPSA) is 88.5 Å². The highest BCUT2D eigenvalue weighted by Gasteiger charge is 2.12. The van der Waals surface area contributed by atoms with E-state index in [1.54, 1.807) is 24.3 Å². The van der Waals surface area contributed by atoms with Crippen molar-refractivity contribution in [2.24, 2.45) is 0 Å². The van der Waals surface area contributed by atoms with Gasteiger partial charge in [0.05, 0.1) is 32.0 Å². The highest BCUT2D eigenvalue weighted by Crippen LogP contribution is 2.19. The smallest absolute Gasteiger partial charge is 0.267 e. The molecule has 1 aliphatic heterocycles. The normalized spacial score (nSPS) is 13.8. The van der Waals surface area contributed by atoms with E-state index in [2.05, 4.69) is 20.6 Å². The van der Waals surface area contributed by atoms with Crippen LogP contribution in [0.5, 0.6) is 0 Å². The lowest BCUT2D eigenvalue weighted by Crippen LogP contribution is -2.44. The van der Waals surface area contributed by atoms with E-state index in [-0.39, 0.29) is 35.7 Å². The minimum Gasteiger partial charge on any atom is -0.379 e. The van der Waals surface area contributed by atoms with E-state index in [0.717, 1.165) is 51.0 Å². The second kappa shape index (κ2) is 12.6. The van der Waals surface area contributed by atoms with Crippen LogP contribution in [0.15, 0.2) is 59.4 Å². The minimum atomic E-state index is -0.735. The van der Waals surface area contributed by atoms with Gasteiger partial charge in [0.25, 0.3) is 5.56 Å². The molecule has 0 atom stereocenters. The van der Waals surface area contributed by atoms with Crippen LogP contribution in [0.25, 0.3) is 11.3 Å². The standard InChI is InChI=1S/C26H27F2N5O3S/c27-21-13-20(14-22(28)15-21)23-4-5-25(35)33(31-23)17-18-2-1-3-19(12-18)24(34)16-30-26(37)29-6-7-32-8-10-36-11-9-32/h1-5,12-15H,6-11,16-17H2,(H2,29,30,37). The average molecular weight is 528 g/mol. The molecule has 11 heteroatoms. The number of thiocarbonyl (C=S) groups is 1. The summed E-state index contributed by atoms with van der Waals surface area (Å²) in [5.74, 6) is -1.63. The third kappa shape index (κ3) is 7.72. The number of hydrogen-bond acceptors (Lipinski definition) is 6. The number of nitrogens with one attached hydrogen (secondary N) is 2. The van der Waals surface area contributed by atoms with Gasteiger partial charge in [-0.3, -0.25) is 14.5 Å². The fraction of sp³-hybridized carbons (Fsp3) is 0.308. The average Bonchev–Trinajstić information content (AvgIpc) is 2.89. The summed E-state index contributed by atoms with van der Waals surface area (Å²) in [7, 11) is 0. The SMILES string of the molecule is O=C(CNC(=S)NCCN1CCOCC1)c1cccc(Cn2nc(-c3cc(F)cc(F)c3)ccc2=O)c1. The molecule has 194 valence electrons. The molecule has 0 radical (unpaired) electrons. The van der Waals surface area contributed by atoms with Gasteiger partial charge in [-0.25, -0.2) is 13.5 Å². The first-order chi connectivity index (χ1) is 17.9. The van der Waals surface area contributed by atoms with Gasteiger partial charge in [0.15, 0.2) is 10.9 Å². The number of hydrogen-bond donors (Lipinski definition) is 2. The summed E-state index contributed by atoms with van der Waals surface area (Å²) in [5.41, 5.74) is 1.22. The molecule has 37 heavy (non-hydrogen) atoms. The number of rotatable bonds is 9. The number of ketones is 1. The van der Waals surface area contributed by atoms with Crippen LogP contribution < -0.4 is 16.2 Å². The van der Waals surface area contributed by atoms with E-state index < -0.39 is 11.6 Å². The molecule has 0 spiro atoms. The zero-order valence-corrected chi connectivity index (χ0v) is 20.9. The maximum absolute atomic E-state index is 13.6. The van der Waals surface area contributed by atoms with Crippen molar-refractivity contribution in [2.45, 2.75) is 6.54 Å². The second-order valence-electron chi connectivity index (χ2n) is 8.56. The van der Waals surface area contributed by atoms with Crippen LogP contribution in [-0.4, -0.2) is 71.5 Å². The molecule has 2 N–H and O–H groups in total. The van der Waals surface area contributed by atoms with Crippen LogP contribution in [0.2, 0.25) is 0 Å². The largest absolute Gasteiger partial charge is 0.379 e. The van der Waals surface area contributed by atoms with Gasteiger partial charge in [-0.2, -0.15) is 5.10 Å². The molecule has 1 fully saturated rings. The molecule has 2 heterocycles. The van der Waals surface area contributed by atoms with Crippen molar-refractivity contribution < 1.29 is 18.3 Å². The highest BCUT2D eigenvalue weighted by molar-refractivity contribution is 7.80. The van der Waals surface area contributed by atoms with Gasteiger partial charge < -0.3 is 15.4 Å². The summed E-state index contributed by atoms with van der Waals surface area (Å²) >= 11 is 5.27. The Hall–Kier alpha value is -3.54. The molecule has 2 aromatic carbocycles. The first kappa shape index (κ1) is 26.5. The summed E-state index contributed by atoms with van der Waals surface area (Å²) in [6, 6.07) is 12.6. The van der Waals surface area contributed by atoms with Crippen molar-refractivity contribution in [3.63, 3.8) is 0 Å². The highest BCUT2D eigenvalue weighted by atomic mass is 32.1. The van der Waals surface area contributed by atoms with Crippen molar-refractivity contribution in [3.05, 3.63) is 87.7 Å². The molecule has 1 saturated heterocycles. The monoisotopic (exact) mass is 527 g/mol. The number of morpholine rings is 1. The first-order valence-corrected chi connectivity index (χ1v) is 12.3. The second-order valence-corrected chi connectivity index (χ2v) is 8.97. The van der Waals surface area contributed by atoms with Crippen molar-refractivity contribution in [1.82, 2.24) is 25.3 Å². The molecule has 0 saturated carbocycles. The van der Waals surface area contributed by atoms with Gasteiger partial charge in [0, 0.05) is 49.4 Å². The number of halogens is 2. The number of carbonyl (C=O) groups is 1. The fourth-order valence-corrected chi connectivity index (χ4v) is 4.09. The molecule has 3 aromatic rings. The lowest BCUT2D eigenvalue weighted by atomic mass is 10.1. The lowest BCUT2D eigenvalue weighted by Gasteiger charge is -2.26. The van der Waals surface area contributed by atoms with E-state index >= 15 is 0 Å². The number of aromatic nitrogens is 2. The minimum absolute atomic E-state index is 0.0195. The van der Waals surface area contributed by atoms with Crippen LogP contribution in [0, 0.1) is 11.6 Å². The molecule has 0 amide bonds. The van der Waals surface area contributed by atoms with E-state index in [1.807, 2.05) is 0 Å². The van der Waals surface area contributed by atoms with E-state index in [1.165, 1.54) is 16.8 Å². The fourth-order valence-electron chi connectivity index (χ4n) is 3.91. The van der Waals surface area contributed by atoms with E-state index in [4.69, 9.17) is 17.0 Å². The van der Waals surface area contributed by atoms with Gasteiger partial charge in [-0.05, 0) is 42.0 Å². The number of carbonyl (C=O) groups excluding carboxylic acids is 1. The summed E-state index contributed by atoms with van der Waals surface area (Å²) < 4.78 is 33.8. The molecular formula is C26H27F2N5O3S. The quantitative estimate of drug-likeness (QED) is 0.324. The predicted molar refractivity (Wildman–Crippen MR) is 140 cm³/mol. The Morgan fingerprint density at radius 3 is 2.54 bits per heavy atom. The van der Waals surface area contributed by atoms with E-state index in [0.29, 0.717) is 22.8 Å². The van der Waals surface area contributed by atoms with E-state index in [9.17, 15) is 18.4 Å².